The van der Waals surface area contributed by atoms with E-state index in [2.05, 4.69) is 10.3 Å². The third-order valence-electron chi connectivity index (χ3n) is 2.79. The highest BCUT2D eigenvalue weighted by Gasteiger charge is 2.09. The summed E-state index contributed by atoms with van der Waals surface area (Å²) in [6.45, 7) is 3.81. The molecule has 2 aromatic rings. The van der Waals surface area contributed by atoms with Gasteiger partial charge in [0.2, 0.25) is 0 Å². The molecule has 5 nitrogen and oxygen atoms in total. The van der Waals surface area contributed by atoms with Crippen LogP contribution >= 0.6 is 0 Å². The van der Waals surface area contributed by atoms with E-state index >= 15 is 0 Å². The number of benzene rings is 1. The lowest BCUT2D eigenvalue weighted by atomic mass is 10.1. The zero-order valence-corrected chi connectivity index (χ0v) is 10.8. The Kier molecular flexibility index (Phi) is 3.37. The van der Waals surface area contributed by atoms with E-state index in [0.717, 1.165) is 17.1 Å². The summed E-state index contributed by atoms with van der Waals surface area (Å²) in [5.74, 6) is -1.04. The predicted molar refractivity (Wildman–Crippen MR) is 74.8 cm³/mol. The number of aromatic carboxylic acids is 1. The molecular weight excluding hydrogens is 242 g/mol. The van der Waals surface area contributed by atoms with Crippen LogP contribution in [-0.4, -0.2) is 16.1 Å². The number of nitrogens with zero attached hydrogens (tertiary/aromatic N) is 1. The summed E-state index contributed by atoms with van der Waals surface area (Å²) in [6.07, 6.45) is 0. The second-order valence-corrected chi connectivity index (χ2v) is 4.32. The molecule has 0 saturated heterocycles. The van der Waals surface area contributed by atoms with Gasteiger partial charge in [0, 0.05) is 17.1 Å². The van der Waals surface area contributed by atoms with Crippen LogP contribution in [0.15, 0.2) is 30.3 Å². The van der Waals surface area contributed by atoms with Crippen LogP contribution in [0.1, 0.15) is 21.7 Å². The van der Waals surface area contributed by atoms with E-state index in [9.17, 15) is 4.79 Å². The molecule has 0 aliphatic carbocycles. The second kappa shape index (κ2) is 4.97. The summed E-state index contributed by atoms with van der Waals surface area (Å²) in [4.78, 5) is 15.4. The Bertz CT molecular complexity index is 639. The highest BCUT2D eigenvalue weighted by Crippen LogP contribution is 2.23. The van der Waals surface area contributed by atoms with Crippen LogP contribution in [0.25, 0.3) is 0 Å². The number of pyridine rings is 1. The molecule has 0 unspecified atom stereocenters. The lowest BCUT2D eigenvalue weighted by Crippen LogP contribution is -2.04. The number of nitrogen functional groups attached to an aromatic ring is 1. The van der Waals surface area contributed by atoms with Gasteiger partial charge in [0.1, 0.15) is 0 Å². The Morgan fingerprint density at radius 2 is 2.00 bits per heavy atom. The molecule has 0 bridgehead atoms. The standard InChI is InChI=1S/C14H15N3O2/c1-8-3-6-13(9(2)16-8)17-10-4-5-12(15)11(7-10)14(18)19/h3-7,17H,15H2,1-2H3,(H,18,19). The van der Waals surface area contributed by atoms with Gasteiger partial charge in [-0.3, -0.25) is 4.98 Å². The topological polar surface area (TPSA) is 88.2 Å². The van der Waals surface area contributed by atoms with Crippen LogP contribution < -0.4 is 11.1 Å². The van der Waals surface area contributed by atoms with Gasteiger partial charge in [-0.2, -0.15) is 0 Å². The number of anilines is 3. The molecule has 0 radical (unpaired) electrons. The highest BCUT2D eigenvalue weighted by molar-refractivity contribution is 5.95. The number of carbonyl (C=O) groups is 1. The maximum Gasteiger partial charge on any atom is 0.337 e. The highest BCUT2D eigenvalue weighted by atomic mass is 16.4. The maximum absolute atomic E-state index is 11.0. The first-order chi connectivity index (χ1) is 8.97. The molecule has 1 heterocycles. The molecule has 5 heteroatoms. The van der Waals surface area contributed by atoms with Crippen LogP contribution in [0.5, 0.6) is 0 Å². The molecule has 0 atom stereocenters. The fourth-order valence-corrected chi connectivity index (χ4v) is 1.79. The van der Waals surface area contributed by atoms with Crippen molar-refractivity contribution >= 4 is 23.0 Å². The van der Waals surface area contributed by atoms with Gasteiger partial charge in [-0.1, -0.05) is 0 Å². The number of carboxylic acids is 1. The van der Waals surface area contributed by atoms with Crippen LogP contribution in [-0.2, 0) is 0 Å². The lowest BCUT2D eigenvalue weighted by Gasteiger charge is -2.11. The van der Waals surface area contributed by atoms with Crippen LogP contribution in [0, 0.1) is 13.8 Å². The molecule has 0 aliphatic rings. The van der Waals surface area contributed by atoms with Crippen molar-refractivity contribution in [3.8, 4) is 0 Å². The summed E-state index contributed by atoms with van der Waals surface area (Å²) in [5.41, 5.74) is 9.24. The largest absolute Gasteiger partial charge is 0.478 e. The van der Waals surface area contributed by atoms with Crippen LogP contribution in [0.3, 0.4) is 0 Å². The Labute approximate surface area is 111 Å². The number of carboxylic acid groups (broad SMARTS) is 1. The number of nitrogens with one attached hydrogen (secondary N) is 1. The number of aryl methyl sites for hydroxylation is 2. The van der Waals surface area contributed by atoms with Crippen molar-refractivity contribution in [2.24, 2.45) is 0 Å². The Hall–Kier alpha value is -2.56. The summed E-state index contributed by atoms with van der Waals surface area (Å²) < 4.78 is 0. The summed E-state index contributed by atoms with van der Waals surface area (Å²) >= 11 is 0. The summed E-state index contributed by atoms with van der Waals surface area (Å²) in [6, 6.07) is 8.62. The lowest BCUT2D eigenvalue weighted by molar-refractivity contribution is 0.0698. The molecular formula is C14H15N3O2. The molecule has 0 fully saturated rings. The van der Waals surface area contributed by atoms with Gasteiger partial charge in [0.15, 0.2) is 0 Å². The zero-order chi connectivity index (χ0) is 14.0. The summed E-state index contributed by atoms with van der Waals surface area (Å²) in [7, 11) is 0. The van der Waals surface area contributed by atoms with E-state index in [-0.39, 0.29) is 11.3 Å². The van der Waals surface area contributed by atoms with Crippen molar-refractivity contribution < 1.29 is 9.90 Å². The van der Waals surface area contributed by atoms with Crippen LogP contribution in [0.4, 0.5) is 17.1 Å². The normalized spacial score (nSPS) is 10.2. The Morgan fingerprint density at radius 1 is 1.26 bits per heavy atom. The fraction of sp³-hybridized carbons (Fsp3) is 0.143. The van der Waals surface area contributed by atoms with Crippen LogP contribution in [0.2, 0.25) is 0 Å². The molecule has 0 spiro atoms. The van der Waals surface area contributed by atoms with E-state index in [4.69, 9.17) is 10.8 Å². The minimum atomic E-state index is -1.04. The quantitative estimate of drug-likeness (QED) is 0.736. The van der Waals surface area contributed by atoms with Crippen molar-refractivity contribution in [1.82, 2.24) is 4.98 Å². The summed E-state index contributed by atoms with van der Waals surface area (Å²) in [5, 5.41) is 12.2. The third kappa shape index (κ3) is 2.82. The monoisotopic (exact) mass is 257 g/mol. The van der Waals surface area contributed by atoms with Crippen molar-refractivity contribution in [3.63, 3.8) is 0 Å². The minimum absolute atomic E-state index is 0.0859. The first-order valence-electron chi connectivity index (χ1n) is 5.81. The average Bonchev–Trinajstić information content (AvgIpc) is 2.34. The minimum Gasteiger partial charge on any atom is -0.478 e. The van der Waals surface area contributed by atoms with Gasteiger partial charge < -0.3 is 16.2 Å². The van der Waals surface area contributed by atoms with E-state index < -0.39 is 5.97 Å². The van der Waals surface area contributed by atoms with Gasteiger partial charge in [-0.15, -0.1) is 0 Å². The molecule has 1 aromatic heterocycles. The Balaban J connectivity index is 2.33. The van der Waals surface area contributed by atoms with Gasteiger partial charge in [0.25, 0.3) is 0 Å². The number of hydrogen-bond acceptors (Lipinski definition) is 4. The predicted octanol–water partition coefficient (Wildman–Crippen LogP) is 2.72. The molecule has 4 N–H and O–H groups in total. The molecule has 0 aliphatic heterocycles. The smallest absolute Gasteiger partial charge is 0.337 e. The van der Waals surface area contributed by atoms with Gasteiger partial charge in [-0.25, -0.2) is 4.79 Å². The first-order valence-corrected chi connectivity index (χ1v) is 5.81. The fourth-order valence-electron chi connectivity index (χ4n) is 1.79. The van der Waals surface area contributed by atoms with E-state index in [0.29, 0.717) is 5.69 Å². The van der Waals surface area contributed by atoms with Gasteiger partial charge in [0.05, 0.1) is 16.9 Å². The number of nitrogens with two attached hydrogens (primary N) is 1. The SMILES string of the molecule is Cc1ccc(Nc2ccc(N)c(C(=O)O)c2)c(C)n1. The molecule has 1 aromatic carbocycles. The molecule has 98 valence electrons. The van der Waals surface area contributed by atoms with Crippen molar-refractivity contribution in [2.45, 2.75) is 13.8 Å². The number of rotatable bonds is 3. The van der Waals surface area contributed by atoms with Gasteiger partial charge in [-0.05, 0) is 44.2 Å². The Morgan fingerprint density at radius 3 is 2.63 bits per heavy atom. The number of aromatic nitrogens is 1. The number of hydrogen-bond donors (Lipinski definition) is 3. The molecule has 2 rings (SSSR count). The third-order valence-corrected chi connectivity index (χ3v) is 2.79. The van der Waals surface area contributed by atoms with Crippen molar-refractivity contribution in [3.05, 3.63) is 47.3 Å². The second-order valence-electron chi connectivity index (χ2n) is 4.32. The zero-order valence-electron chi connectivity index (χ0n) is 10.8. The van der Waals surface area contributed by atoms with Crippen molar-refractivity contribution in [2.75, 3.05) is 11.1 Å². The van der Waals surface area contributed by atoms with E-state index in [1.54, 1.807) is 12.1 Å². The van der Waals surface area contributed by atoms with Crippen molar-refractivity contribution in [1.29, 1.82) is 0 Å². The first kappa shape index (κ1) is 12.9. The maximum atomic E-state index is 11.0. The van der Waals surface area contributed by atoms with E-state index in [1.165, 1.54) is 6.07 Å². The van der Waals surface area contributed by atoms with E-state index in [1.807, 2.05) is 26.0 Å². The average molecular weight is 257 g/mol. The molecule has 19 heavy (non-hydrogen) atoms. The molecule has 0 amide bonds. The molecule has 0 saturated carbocycles. The van der Waals surface area contributed by atoms with Gasteiger partial charge >= 0.3 is 5.97 Å².